The molecule has 2 aromatic rings. The standard InChI is InChI=1S/C24H33N3O5S/c1-19-6-4-7-21(16-19)27(33(29,30)23-17-20(2)8-9-22(23)31-3)18-24(28)25-10-5-11-26-12-14-32-15-13-26/h4,6-9,16-17H,5,10-15,18H2,1-3H3,(H,25,28). The lowest BCUT2D eigenvalue weighted by atomic mass is 10.2. The fraction of sp³-hybridized carbons (Fsp3) is 0.458. The fourth-order valence-corrected chi connectivity index (χ4v) is 5.40. The normalized spacial score (nSPS) is 14.6. The maximum absolute atomic E-state index is 13.7. The number of nitrogens with one attached hydrogen (secondary N) is 1. The van der Waals surface area contributed by atoms with E-state index >= 15 is 0 Å². The minimum atomic E-state index is -4.05. The van der Waals surface area contributed by atoms with E-state index in [1.165, 1.54) is 7.11 Å². The Balaban J connectivity index is 1.76. The van der Waals surface area contributed by atoms with Crippen molar-refractivity contribution in [3.63, 3.8) is 0 Å². The van der Waals surface area contributed by atoms with Crippen LogP contribution in [0.4, 0.5) is 5.69 Å². The lowest BCUT2D eigenvalue weighted by molar-refractivity contribution is -0.119. The van der Waals surface area contributed by atoms with Gasteiger partial charge in [0.15, 0.2) is 0 Å². The Bertz CT molecular complexity index is 1050. The first-order valence-corrected chi connectivity index (χ1v) is 12.6. The van der Waals surface area contributed by atoms with Crippen molar-refractivity contribution in [3.05, 3.63) is 53.6 Å². The van der Waals surface area contributed by atoms with E-state index < -0.39 is 10.0 Å². The summed E-state index contributed by atoms with van der Waals surface area (Å²) in [6, 6.07) is 12.1. The molecule has 8 nitrogen and oxygen atoms in total. The number of carbonyl (C=O) groups excluding carboxylic acids is 1. The Hall–Kier alpha value is -2.62. The molecule has 0 atom stereocenters. The second kappa shape index (κ2) is 11.5. The van der Waals surface area contributed by atoms with E-state index in [4.69, 9.17) is 9.47 Å². The predicted molar refractivity (Wildman–Crippen MR) is 128 cm³/mol. The van der Waals surface area contributed by atoms with Gasteiger partial charge in [0, 0.05) is 19.6 Å². The van der Waals surface area contributed by atoms with Crippen LogP contribution in [-0.2, 0) is 19.6 Å². The number of rotatable bonds is 10. The number of anilines is 1. The molecule has 3 rings (SSSR count). The molecule has 1 aliphatic heterocycles. The van der Waals surface area contributed by atoms with Crippen molar-refractivity contribution < 1.29 is 22.7 Å². The van der Waals surface area contributed by atoms with Gasteiger partial charge < -0.3 is 14.8 Å². The predicted octanol–water partition coefficient (Wildman–Crippen LogP) is 2.35. The molecule has 0 bridgehead atoms. The number of ether oxygens (including phenoxy) is 2. The number of amides is 1. The lowest BCUT2D eigenvalue weighted by Crippen LogP contribution is -2.42. The van der Waals surface area contributed by atoms with Gasteiger partial charge in [-0.15, -0.1) is 0 Å². The summed E-state index contributed by atoms with van der Waals surface area (Å²) in [5.74, 6) is -0.113. The van der Waals surface area contributed by atoms with E-state index in [-0.39, 0.29) is 23.1 Å². The summed E-state index contributed by atoms with van der Waals surface area (Å²) in [5, 5.41) is 2.87. The van der Waals surface area contributed by atoms with Gasteiger partial charge in [-0.25, -0.2) is 8.42 Å². The summed E-state index contributed by atoms with van der Waals surface area (Å²) in [6.45, 7) is 7.98. The van der Waals surface area contributed by atoms with Crippen LogP contribution in [-0.4, -0.2) is 72.3 Å². The first-order valence-electron chi connectivity index (χ1n) is 11.1. The van der Waals surface area contributed by atoms with Crippen LogP contribution in [0.5, 0.6) is 5.75 Å². The van der Waals surface area contributed by atoms with Gasteiger partial charge in [-0.2, -0.15) is 0 Å². The van der Waals surface area contributed by atoms with Gasteiger partial charge >= 0.3 is 0 Å². The zero-order valence-corrected chi connectivity index (χ0v) is 20.4. The molecule has 1 heterocycles. The molecule has 1 N–H and O–H groups in total. The Morgan fingerprint density at radius 2 is 1.85 bits per heavy atom. The topological polar surface area (TPSA) is 88.2 Å². The van der Waals surface area contributed by atoms with Crippen molar-refractivity contribution in [1.82, 2.24) is 10.2 Å². The van der Waals surface area contributed by atoms with Crippen molar-refractivity contribution in [2.24, 2.45) is 0 Å². The average Bonchev–Trinajstić information content (AvgIpc) is 2.81. The summed E-state index contributed by atoms with van der Waals surface area (Å²) >= 11 is 0. The van der Waals surface area contributed by atoms with Crippen molar-refractivity contribution in [2.45, 2.75) is 25.2 Å². The van der Waals surface area contributed by atoms with Crippen molar-refractivity contribution in [3.8, 4) is 5.75 Å². The molecular weight excluding hydrogens is 442 g/mol. The summed E-state index contributed by atoms with van der Waals surface area (Å²) in [6.07, 6.45) is 0.786. The van der Waals surface area contributed by atoms with Gasteiger partial charge in [0.05, 0.1) is 26.0 Å². The molecular formula is C24H33N3O5S. The highest BCUT2D eigenvalue weighted by Gasteiger charge is 2.30. The Kier molecular flexibility index (Phi) is 8.71. The van der Waals surface area contributed by atoms with Crippen LogP contribution in [0, 0.1) is 13.8 Å². The number of nitrogens with zero attached hydrogens (tertiary/aromatic N) is 2. The number of hydrogen-bond acceptors (Lipinski definition) is 6. The van der Waals surface area contributed by atoms with Crippen LogP contribution in [0.1, 0.15) is 17.5 Å². The maximum Gasteiger partial charge on any atom is 0.268 e. The number of hydrogen-bond donors (Lipinski definition) is 1. The van der Waals surface area contributed by atoms with E-state index in [1.807, 2.05) is 19.9 Å². The van der Waals surface area contributed by atoms with Gasteiger partial charge in [0.25, 0.3) is 10.0 Å². The van der Waals surface area contributed by atoms with Gasteiger partial charge in [0.2, 0.25) is 5.91 Å². The van der Waals surface area contributed by atoms with E-state index in [0.717, 1.165) is 54.7 Å². The SMILES string of the molecule is COc1ccc(C)cc1S(=O)(=O)N(CC(=O)NCCCN1CCOCC1)c1cccc(C)c1. The Morgan fingerprint density at radius 3 is 2.55 bits per heavy atom. The first kappa shape index (κ1) is 25.0. The van der Waals surface area contributed by atoms with Crippen LogP contribution in [0.3, 0.4) is 0 Å². The maximum atomic E-state index is 13.7. The molecule has 2 aromatic carbocycles. The highest BCUT2D eigenvalue weighted by Crippen LogP contribution is 2.31. The molecule has 1 aliphatic rings. The minimum Gasteiger partial charge on any atom is -0.495 e. The molecule has 1 saturated heterocycles. The quantitative estimate of drug-likeness (QED) is 0.531. The molecule has 9 heteroatoms. The molecule has 1 amide bonds. The summed E-state index contributed by atoms with van der Waals surface area (Å²) in [4.78, 5) is 15.1. The number of sulfonamides is 1. The zero-order valence-electron chi connectivity index (χ0n) is 19.5. The monoisotopic (exact) mass is 475 g/mol. The number of carbonyl (C=O) groups is 1. The van der Waals surface area contributed by atoms with Gasteiger partial charge in [-0.05, 0) is 62.2 Å². The summed E-state index contributed by atoms with van der Waals surface area (Å²) < 4.78 is 39.2. The van der Waals surface area contributed by atoms with Gasteiger partial charge in [-0.1, -0.05) is 18.2 Å². The minimum absolute atomic E-state index is 0.0339. The fourth-order valence-electron chi connectivity index (χ4n) is 3.74. The third-order valence-electron chi connectivity index (χ3n) is 5.54. The highest BCUT2D eigenvalue weighted by atomic mass is 32.2. The number of methoxy groups -OCH3 is 1. The Labute approximate surface area is 196 Å². The molecule has 0 unspecified atom stereocenters. The highest BCUT2D eigenvalue weighted by molar-refractivity contribution is 7.93. The van der Waals surface area contributed by atoms with Gasteiger partial charge in [-0.3, -0.25) is 14.0 Å². The third kappa shape index (κ3) is 6.69. The van der Waals surface area contributed by atoms with E-state index in [0.29, 0.717) is 12.2 Å². The second-order valence-corrected chi connectivity index (χ2v) is 9.99. The van der Waals surface area contributed by atoms with Crippen LogP contribution in [0.25, 0.3) is 0 Å². The summed E-state index contributed by atoms with van der Waals surface area (Å²) in [5.41, 5.74) is 2.11. The van der Waals surface area contributed by atoms with Crippen LogP contribution in [0.15, 0.2) is 47.4 Å². The molecule has 0 radical (unpaired) electrons. The molecule has 0 saturated carbocycles. The van der Waals surface area contributed by atoms with Crippen molar-refractivity contribution >= 4 is 21.6 Å². The molecule has 0 spiro atoms. The van der Waals surface area contributed by atoms with Crippen LogP contribution in [0.2, 0.25) is 0 Å². The molecule has 0 aromatic heterocycles. The van der Waals surface area contributed by atoms with Gasteiger partial charge in [0.1, 0.15) is 17.2 Å². The lowest BCUT2D eigenvalue weighted by Gasteiger charge is -2.27. The smallest absolute Gasteiger partial charge is 0.268 e. The largest absolute Gasteiger partial charge is 0.495 e. The van der Waals surface area contributed by atoms with E-state index in [9.17, 15) is 13.2 Å². The summed E-state index contributed by atoms with van der Waals surface area (Å²) in [7, 11) is -2.62. The molecule has 33 heavy (non-hydrogen) atoms. The second-order valence-electron chi connectivity index (χ2n) is 8.16. The molecule has 180 valence electrons. The van der Waals surface area contributed by atoms with E-state index in [2.05, 4.69) is 10.2 Å². The van der Waals surface area contributed by atoms with Crippen LogP contribution < -0.4 is 14.4 Å². The molecule has 0 aliphatic carbocycles. The number of morpholine rings is 1. The third-order valence-corrected chi connectivity index (χ3v) is 7.34. The first-order chi connectivity index (χ1) is 15.8. The van der Waals surface area contributed by atoms with Crippen LogP contribution >= 0.6 is 0 Å². The van der Waals surface area contributed by atoms with Crippen molar-refractivity contribution in [2.75, 3.05) is 57.4 Å². The number of aryl methyl sites for hydroxylation is 2. The zero-order chi connectivity index (χ0) is 23.8. The molecule has 1 fully saturated rings. The Morgan fingerprint density at radius 1 is 1.12 bits per heavy atom. The average molecular weight is 476 g/mol. The number of benzene rings is 2. The van der Waals surface area contributed by atoms with Crippen molar-refractivity contribution in [1.29, 1.82) is 0 Å². The van der Waals surface area contributed by atoms with E-state index in [1.54, 1.807) is 36.4 Å².